The van der Waals surface area contributed by atoms with Gasteiger partial charge in [0.2, 0.25) is 0 Å². The van der Waals surface area contributed by atoms with Gasteiger partial charge in [-0.05, 0) is 25.0 Å². The van der Waals surface area contributed by atoms with Crippen LogP contribution in [-0.4, -0.2) is 28.7 Å². The molecule has 17 heavy (non-hydrogen) atoms. The van der Waals surface area contributed by atoms with E-state index in [0.29, 0.717) is 13.1 Å². The van der Waals surface area contributed by atoms with Crippen LogP contribution in [0.3, 0.4) is 0 Å². The second-order valence-corrected chi connectivity index (χ2v) is 5.79. The van der Waals surface area contributed by atoms with Gasteiger partial charge in [0.1, 0.15) is 5.82 Å². The molecule has 92 valence electrons. The minimum Gasteiger partial charge on any atom is -0.337 e. The van der Waals surface area contributed by atoms with Crippen molar-refractivity contribution in [3.8, 4) is 0 Å². The average Bonchev–Trinajstić information content (AvgIpc) is 2.28. The highest BCUT2D eigenvalue weighted by molar-refractivity contribution is 9.09. The van der Waals surface area contributed by atoms with Gasteiger partial charge in [-0.25, -0.2) is 4.39 Å². The van der Waals surface area contributed by atoms with E-state index in [2.05, 4.69) is 15.9 Å². The van der Waals surface area contributed by atoms with Gasteiger partial charge in [0.05, 0.1) is 10.6 Å². The van der Waals surface area contributed by atoms with E-state index in [4.69, 9.17) is 11.6 Å². The maximum absolute atomic E-state index is 13.6. The minimum atomic E-state index is -0.556. The molecule has 0 saturated carbocycles. The Hall–Kier alpha value is -0.610. The Morgan fingerprint density at radius 3 is 2.94 bits per heavy atom. The number of alkyl halides is 1. The van der Waals surface area contributed by atoms with Crippen molar-refractivity contribution < 1.29 is 9.18 Å². The first-order valence-electron chi connectivity index (χ1n) is 5.47. The number of carbonyl (C=O) groups is 1. The molecule has 1 aliphatic rings. The van der Waals surface area contributed by atoms with Gasteiger partial charge >= 0.3 is 0 Å². The predicted octanol–water partition coefficient (Wildman–Crippen LogP) is 3.48. The van der Waals surface area contributed by atoms with Gasteiger partial charge in [-0.15, -0.1) is 0 Å². The topological polar surface area (TPSA) is 20.3 Å². The summed E-state index contributed by atoms with van der Waals surface area (Å²) in [6, 6.07) is 4.29. The summed E-state index contributed by atoms with van der Waals surface area (Å²) >= 11 is 9.37. The Labute approximate surface area is 113 Å². The van der Waals surface area contributed by atoms with E-state index in [1.165, 1.54) is 18.2 Å². The highest BCUT2D eigenvalue weighted by atomic mass is 79.9. The zero-order valence-electron chi connectivity index (χ0n) is 9.13. The van der Waals surface area contributed by atoms with Gasteiger partial charge in [-0.2, -0.15) is 0 Å². The largest absolute Gasteiger partial charge is 0.337 e. The molecule has 2 nitrogen and oxygen atoms in total. The molecule has 1 unspecified atom stereocenters. The van der Waals surface area contributed by atoms with Gasteiger partial charge in [0.25, 0.3) is 5.91 Å². The van der Waals surface area contributed by atoms with Gasteiger partial charge < -0.3 is 4.90 Å². The lowest BCUT2D eigenvalue weighted by Gasteiger charge is -2.30. The van der Waals surface area contributed by atoms with Crippen LogP contribution in [0.5, 0.6) is 0 Å². The number of piperidine rings is 1. The predicted molar refractivity (Wildman–Crippen MR) is 69.3 cm³/mol. The normalized spacial score (nSPS) is 20.4. The van der Waals surface area contributed by atoms with Crippen LogP contribution in [-0.2, 0) is 0 Å². The number of rotatable bonds is 1. The molecule has 1 saturated heterocycles. The number of likely N-dealkylation sites (tertiary alicyclic amines) is 1. The Kier molecular flexibility index (Phi) is 4.05. The van der Waals surface area contributed by atoms with Crippen LogP contribution in [0.25, 0.3) is 0 Å². The Morgan fingerprint density at radius 1 is 1.53 bits per heavy atom. The number of benzene rings is 1. The fourth-order valence-corrected chi connectivity index (χ4v) is 2.89. The van der Waals surface area contributed by atoms with Crippen LogP contribution in [0, 0.1) is 5.82 Å². The molecule has 1 aromatic rings. The molecule has 1 aromatic carbocycles. The van der Waals surface area contributed by atoms with E-state index in [0.717, 1.165) is 12.8 Å². The van der Waals surface area contributed by atoms with Crippen molar-refractivity contribution in [3.05, 3.63) is 34.6 Å². The molecule has 0 aromatic heterocycles. The maximum atomic E-state index is 13.6. The zero-order valence-corrected chi connectivity index (χ0v) is 11.5. The number of nitrogens with zero attached hydrogens (tertiary/aromatic N) is 1. The van der Waals surface area contributed by atoms with E-state index >= 15 is 0 Å². The summed E-state index contributed by atoms with van der Waals surface area (Å²) in [5.74, 6) is -0.878. The van der Waals surface area contributed by atoms with E-state index < -0.39 is 5.82 Å². The van der Waals surface area contributed by atoms with Crippen LogP contribution < -0.4 is 0 Å². The first kappa shape index (κ1) is 12.8. The SMILES string of the molecule is O=C(c1c(F)cccc1Cl)N1CCCC(Br)C1. The summed E-state index contributed by atoms with van der Waals surface area (Å²) in [6.45, 7) is 1.26. The van der Waals surface area contributed by atoms with Crippen LogP contribution in [0.15, 0.2) is 18.2 Å². The third kappa shape index (κ3) is 2.80. The zero-order chi connectivity index (χ0) is 12.4. The molecule has 1 aliphatic heterocycles. The van der Waals surface area contributed by atoms with Gasteiger partial charge in [0.15, 0.2) is 0 Å². The lowest BCUT2D eigenvalue weighted by Crippen LogP contribution is -2.40. The highest BCUT2D eigenvalue weighted by Gasteiger charge is 2.26. The minimum absolute atomic E-state index is 0.0178. The number of carbonyl (C=O) groups excluding carboxylic acids is 1. The fourth-order valence-electron chi connectivity index (χ4n) is 1.97. The summed E-state index contributed by atoms with van der Waals surface area (Å²) in [5.41, 5.74) is -0.0178. The molecule has 1 fully saturated rings. The molecule has 1 heterocycles. The van der Waals surface area contributed by atoms with Gasteiger partial charge in [-0.1, -0.05) is 33.6 Å². The van der Waals surface area contributed by atoms with Gasteiger partial charge in [0, 0.05) is 17.9 Å². The van der Waals surface area contributed by atoms with Crippen LogP contribution >= 0.6 is 27.5 Å². The quantitative estimate of drug-likeness (QED) is 0.726. The van der Waals surface area contributed by atoms with E-state index in [1.54, 1.807) is 4.90 Å². The smallest absolute Gasteiger partial charge is 0.258 e. The Balaban J connectivity index is 2.24. The van der Waals surface area contributed by atoms with E-state index in [-0.39, 0.29) is 21.3 Å². The van der Waals surface area contributed by atoms with E-state index in [9.17, 15) is 9.18 Å². The molecule has 0 bridgehead atoms. The van der Waals surface area contributed by atoms with Crippen LogP contribution in [0.2, 0.25) is 5.02 Å². The van der Waals surface area contributed by atoms with Crippen molar-refractivity contribution >= 4 is 33.4 Å². The second kappa shape index (κ2) is 5.36. The first-order valence-corrected chi connectivity index (χ1v) is 6.76. The molecule has 2 rings (SSSR count). The van der Waals surface area contributed by atoms with Crippen LogP contribution in [0.1, 0.15) is 23.2 Å². The standard InChI is InChI=1S/C12H12BrClFNO/c13-8-3-2-6-16(7-8)12(17)11-9(14)4-1-5-10(11)15/h1,4-5,8H,2-3,6-7H2. The van der Waals surface area contributed by atoms with Gasteiger partial charge in [-0.3, -0.25) is 4.79 Å². The Morgan fingerprint density at radius 2 is 2.29 bits per heavy atom. The van der Waals surface area contributed by atoms with Crippen LogP contribution in [0.4, 0.5) is 4.39 Å². The highest BCUT2D eigenvalue weighted by Crippen LogP contribution is 2.24. The molecular weight excluding hydrogens is 308 g/mol. The van der Waals surface area contributed by atoms with Crippen molar-refractivity contribution in [2.75, 3.05) is 13.1 Å². The fraction of sp³-hybridized carbons (Fsp3) is 0.417. The summed E-state index contributed by atoms with van der Waals surface area (Å²) in [5, 5.41) is 0.173. The molecule has 0 radical (unpaired) electrons. The third-order valence-corrected chi connectivity index (χ3v) is 3.89. The lowest BCUT2D eigenvalue weighted by atomic mass is 10.1. The van der Waals surface area contributed by atoms with E-state index in [1.807, 2.05) is 0 Å². The Bertz CT molecular complexity index is 420. The number of hydrogen-bond donors (Lipinski definition) is 0. The summed E-state index contributed by atoms with van der Waals surface area (Å²) in [4.78, 5) is 14.1. The third-order valence-electron chi connectivity index (χ3n) is 2.83. The number of hydrogen-bond acceptors (Lipinski definition) is 1. The molecule has 1 amide bonds. The lowest BCUT2D eigenvalue weighted by molar-refractivity contribution is 0.0725. The summed E-state index contributed by atoms with van der Waals surface area (Å²) in [6.07, 6.45) is 1.96. The van der Waals surface area contributed by atoms with Crippen molar-refractivity contribution in [1.82, 2.24) is 4.90 Å². The average molecular weight is 321 g/mol. The molecule has 0 spiro atoms. The number of halogens is 3. The number of amides is 1. The maximum Gasteiger partial charge on any atom is 0.258 e. The molecule has 0 N–H and O–H groups in total. The molecular formula is C12H12BrClFNO. The summed E-state index contributed by atoms with van der Waals surface area (Å²) in [7, 11) is 0. The molecule has 0 aliphatic carbocycles. The second-order valence-electron chi connectivity index (χ2n) is 4.09. The van der Waals surface area contributed by atoms with Crippen molar-refractivity contribution in [3.63, 3.8) is 0 Å². The van der Waals surface area contributed by atoms with Crippen molar-refractivity contribution in [1.29, 1.82) is 0 Å². The summed E-state index contributed by atoms with van der Waals surface area (Å²) < 4.78 is 13.6. The molecule has 1 atom stereocenters. The molecule has 5 heteroatoms. The van der Waals surface area contributed by atoms with Crippen molar-refractivity contribution in [2.45, 2.75) is 17.7 Å². The monoisotopic (exact) mass is 319 g/mol. The van der Waals surface area contributed by atoms with Crippen molar-refractivity contribution in [2.24, 2.45) is 0 Å². The first-order chi connectivity index (χ1) is 8.09.